The zero-order chi connectivity index (χ0) is 21.0. The molecule has 0 bridgehead atoms. The lowest BCUT2D eigenvalue weighted by molar-refractivity contribution is -0.384. The Morgan fingerprint density at radius 3 is 2.59 bits per heavy atom. The molecule has 0 aliphatic heterocycles. The van der Waals surface area contributed by atoms with E-state index in [0.29, 0.717) is 27.1 Å². The summed E-state index contributed by atoms with van der Waals surface area (Å²) in [5, 5.41) is 14.4. The Morgan fingerprint density at radius 1 is 1.24 bits per heavy atom. The first kappa shape index (κ1) is 20.2. The van der Waals surface area contributed by atoms with Crippen LogP contribution in [0.5, 0.6) is 11.5 Å². The summed E-state index contributed by atoms with van der Waals surface area (Å²) in [6.07, 6.45) is 0. The quantitative estimate of drug-likeness (QED) is 0.453. The largest absolute Gasteiger partial charge is 0.496 e. The average Bonchev–Trinajstić information content (AvgIpc) is 3.08. The van der Waals surface area contributed by atoms with Crippen LogP contribution in [0.4, 0.5) is 15.8 Å². The fourth-order valence-electron chi connectivity index (χ4n) is 2.47. The van der Waals surface area contributed by atoms with E-state index in [-0.39, 0.29) is 23.8 Å². The number of nitrogens with one attached hydrogen (secondary N) is 1. The van der Waals surface area contributed by atoms with Crippen LogP contribution in [0, 0.1) is 22.9 Å². The number of nitro benzene ring substituents is 1. The zero-order valence-electron chi connectivity index (χ0n) is 15.5. The Hall–Kier alpha value is -3.53. The molecule has 29 heavy (non-hydrogen) atoms. The fourth-order valence-corrected chi connectivity index (χ4v) is 3.35. The number of ether oxygens (including phenoxy) is 2. The monoisotopic (exact) mass is 417 g/mol. The first-order valence-corrected chi connectivity index (χ1v) is 9.17. The van der Waals surface area contributed by atoms with Crippen LogP contribution in [0.25, 0.3) is 0 Å². The van der Waals surface area contributed by atoms with Crippen LogP contribution in [0.1, 0.15) is 20.4 Å². The molecule has 0 saturated carbocycles. The second kappa shape index (κ2) is 8.65. The molecule has 0 radical (unpaired) electrons. The molecule has 0 aliphatic carbocycles. The highest BCUT2D eigenvalue weighted by molar-refractivity contribution is 7.13. The minimum atomic E-state index is -0.598. The van der Waals surface area contributed by atoms with Gasteiger partial charge in [0.15, 0.2) is 0 Å². The minimum absolute atomic E-state index is 0.0534. The predicted octanol–water partition coefficient (Wildman–Crippen LogP) is 4.34. The molecule has 0 aliphatic rings. The molecule has 0 fully saturated rings. The molecule has 1 heterocycles. The number of aromatic nitrogens is 1. The molecule has 0 saturated heterocycles. The summed E-state index contributed by atoms with van der Waals surface area (Å²) >= 11 is 1.11. The van der Waals surface area contributed by atoms with E-state index >= 15 is 0 Å². The van der Waals surface area contributed by atoms with E-state index in [2.05, 4.69) is 10.3 Å². The molecule has 3 aromatic rings. The molecule has 150 valence electrons. The molecule has 8 nitrogen and oxygen atoms in total. The topological polar surface area (TPSA) is 104 Å². The molecule has 3 rings (SSSR count). The molecule has 0 unspecified atom stereocenters. The van der Waals surface area contributed by atoms with Gasteiger partial charge in [0, 0.05) is 0 Å². The SMILES string of the molecule is COc1ccc(NC(=O)c2sc(COc3ccc(F)cc3)nc2C)c([N+](=O)[O-])c1. The maximum atomic E-state index is 12.9. The summed E-state index contributed by atoms with van der Waals surface area (Å²) in [7, 11) is 1.40. The number of carbonyl (C=O) groups excluding carboxylic acids is 1. The number of methoxy groups -OCH3 is 1. The smallest absolute Gasteiger partial charge is 0.296 e. The van der Waals surface area contributed by atoms with E-state index in [1.165, 1.54) is 49.6 Å². The third-order valence-corrected chi connectivity index (χ3v) is 5.00. The molecule has 2 aromatic carbocycles. The Labute approximate surface area is 169 Å². The molecule has 1 N–H and O–H groups in total. The number of nitro groups is 1. The number of rotatable bonds is 7. The van der Waals surface area contributed by atoms with Gasteiger partial charge in [0.25, 0.3) is 11.6 Å². The van der Waals surface area contributed by atoms with Crippen molar-refractivity contribution in [2.45, 2.75) is 13.5 Å². The average molecular weight is 417 g/mol. The van der Waals surface area contributed by atoms with E-state index in [1.54, 1.807) is 6.92 Å². The standard InChI is InChI=1S/C19H16FN3O5S/c1-11-18(29-17(21-11)10-28-13-5-3-12(20)4-6-13)19(24)22-15-8-7-14(27-2)9-16(15)23(25)26/h3-9H,10H2,1-2H3,(H,22,24). The van der Waals surface area contributed by atoms with Gasteiger partial charge in [0.2, 0.25) is 0 Å². The van der Waals surface area contributed by atoms with Crippen molar-refractivity contribution < 1.29 is 23.6 Å². The van der Waals surface area contributed by atoms with Crippen molar-refractivity contribution in [2.75, 3.05) is 12.4 Å². The summed E-state index contributed by atoms with van der Waals surface area (Å²) in [4.78, 5) is 27.9. The molecular weight excluding hydrogens is 401 g/mol. The van der Waals surface area contributed by atoms with Gasteiger partial charge in [-0.1, -0.05) is 0 Å². The number of hydrogen-bond donors (Lipinski definition) is 1. The molecule has 1 aromatic heterocycles. The number of benzene rings is 2. The van der Waals surface area contributed by atoms with Crippen LogP contribution in [-0.2, 0) is 6.61 Å². The summed E-state index contributed by atoms with van der Waals surface area (Å²) in [6.45, 7) is 1.77. The van der Waals surface area contributed by atoms with Gasteiger partial charge in [-0.25, -0.2) is 9.37 Å². The Kier molecular flexibility index (Phi) is 6.03. The summed E-state index contributed by atoms with van der Waals surface area (Å²) in [6, 6.07) is 9.70. The zero-order valence-corrected chi connectivity index (χ0v) is 16.3. The normalized spacial score (nSPS) is 10.4. The van der Waals surface area contributed by atoms with Gasteiger partial charge in [-0.05, 0) is 43.3 Å². The van der Waals surface area contributed by atoms with E-state index in [1.807, 2.05) is 0 Å². The van der Waals surface area contributed by atoms with Gasteiger partial charge in [-0.3, -0.25) is 14.9 Å². The van der Waals surface area contributed by atoms with Crippen molar-refractivity contribution in [1.82, 2.24) is 4.98 Å². The van der Waals surface area contributed by atoms with Crippen LogP contribution in [0.3, 0.4) is 0 Å². The maximum Gasteiger partial charge on any atom is 0.296 e. The van der Waals surface area contributed by atoms with Crippen molar-refractivity contribution in [3.8, 4) is 11.5 Å². The van der Waals surface area contributed by atoms with E-state index in [0.717, 1.165) is 11.3 Å². The van der Waals surface area contributed by atoms with Gasteiger partial charge >= 0.3 is 0 Å². The van der Waals surface area contributed by atoms with Gasteiger partial charge in [0.05, 0.1) is 23.8 Å². The van der Waals surface area contributed by atoms with Crippen molar-refractivity contribution >= 4 is 28.6 Å². The number of nitrogens with zero attached hydrogens (tertiary/aromatic N) is 2. The lowest BCUT2D eigenvalue weighted by Gasteiger charge is -2.07. The molecule has 0 atom stereocenters. The van der Waals surface area contributed by atoms with Crippen molar-refractivity contribution in [3.05, 3.63) is 74.0 Å². The second-order valence-corrected chi connectivity index (χ2v) is 6.94. The lowest BCUT2D eigenvalue weighted by atomic mass is 10.2. The Morgan fingerprint density at radius 2 is 1.93 bits per heavy atom. The fraction of sp³-hybridized carbons (Fsp3) is 0.158. The molecular formula is C19H16FN3O5S. The van der Waals surface area contributed by atoms with Gasteiger partial charge in [-0.2, -0.15) is 0 Å². The van der Waals surface area contributed by atoms with Crippen LogP contribution in [0.2, 0.25) is 0 Å². The van der Waals surface area contributed by atoms with Crippen LogP contribution < -0.4 is 14.8 Å². The van der Waals surface area contributed by atoms with Crippen molar-refractivity contribution in [3.63, 3.8) is 0 Å². The van der Waals surface area contributed by atoms with E-state index in [9.17, 15) is 19.3 Å². The maximum absolute atomic E-state index is 12.9. The minimum Gasteiger partial charge on any atom is -0.496 e. The van der Waals surface area contributed by atoms with E-state index < -0.39 is 10.8 Å². The van der Waals surface area contributed by atoms with Crippen LogP contribution in [-0.4, -0.2) is 22.9 Å². The lowest BCUT2D eigenvalue weighted by Crippen LogP contribution is -2.13. The first-order valence-electron chi connectivity index (χ1n) is 8.36. The molecule has 0 spiro atoms. The summed E-state index contributed by atoms with van der Waals surface area (Å²) < 4.78 is 23.5. The van der Waals surface area contributed by atoms with Crippen LogP contribution in [0.15, 0.2) is 42.5 Å². The number of thiazole rings is 1. The van der Waals surface area contributed by atoms with Gasteiger partial charge in [0.1, 0.15) is 39.5 Å². The number of carbonyl (C=O) groups is 1. The number of halogens is 1. The summed E-state index contributed by atoms with van der Waals surface area (Å²) in [5.41, 5.74) is 0.249. The predicted molar refractivity (Wildman–Crippen MR) is 105 cm³/mol. The van der Waals surface area contributed by atoms with Crippen molar-refractivity contribution in [1.29, 1.82) is 0 Å². The first-order chi connectivity index (χ1) is 13.9. The molecule has 1 amide bonds. The highest BCUT2D eigenvalue weighted by Crippen LogP contribution is 2.30. The Bertz CT molecular complexity index is 1050. The second-order valence-electron chi connectivity index (χ2n) is 5.86. The number of aryl methyl sites for hydroxylation is 1. The van der Waals surface area contributed by atoms with E-state index in [4.69, 9.17) is 9.47 Å². The number of amides is 1. The Balaban J connectivity index is 1.73. The highest BCUT2D eigenvalue weighted by Gasteiger charge is 2.21. The molecule has 10 heteroatoms. The third kappa shape index (κ3) is 4.85. The third-order valence-electron chi connectivity index (χ3n) is 3.87. The summed E-state index contributed by atoms with van der Waals surface area (Å²) in [5.74, 6) is -0.0988. The number of hydrogen-bond acceptors (Lipinski definition) is 7. The van der Waals surface area contributed by atoms with Gasteiger partial charge in [-0.15, -0.1) is 11.3 Å². The van der Waals surface area contributed by atoms with Crippen LogP contribution >= 0.6 is 11.3 Å². The van der Waals surface area contributed by atoms with Crippen molar-refractivity contribution in [2.24, 2.45) is 0 Å². The van der Waals surface area contributed by atoms with Gasteiger partial charge < -0.3 is 14.8 Å². The highest BCUT2D eigenvalue weighted by atomic mass is 32.1. The number of anilines is 1.